The van der Waals surface area contributed by atoms with E-state index in [-0.39, 0.29) is 16.5 Å². The predicted octanol–water partition coefficient (Wildman–Crippen LogP) is 7.70. The lowest BCUT2D eigenvalue weighted by molar-refractivity contribution is -0.132. The highest BCUT2D eigenvalue weighted by Gasteiger charge is 2.48. The van der Waals surface area contributed by atoms with Crippen molar-refractivity contribution < 1.29 is 24.2 Å². The number of nitrogens with zero attached hydrogens (tertiary/aromatic N) is 3. The van der Waals surface area contributed by atoms with Crippen LogP contribution in [0.1, 0.15) is 28.3 Å². The fraction of sp³-hybridized carbons (Fsp3) is 0.118. The Morgan fingerprint density at radius 1 is 0.933 bits per heavy atom. The van der Waals surface area contributed by atoms with E-state index in [4.69, 9.17) is 21.1 Å². The Bertz CT molecular complexity index is 1880. The summed E-state index contributed by atoms with van der Waals surface area (Å²) in [6.45, 7) is 0.332. The summed E-state index contributed by atoms with van der Waals surface area (Å²) in [7, 11) is 1.54. The van der Waals surface area contributed by atoms with Crippen molar-refractivity contribution in [2.45, 2.75) is 22.7 Å². The molecule has 1 aliphatic rings. The van der Waals surface area contributed by atoms with E-state index in [0.717, 1.165) is 11.1 Å². The number of ketones is 1. The molecule has 1 unspecified atom stereocenters. The second-order valence-electron chi connectivity index (χ2n) is 9.97. The summed E-state index contributed by atoms with van der Waals surface area (Å²) >= 11 is 8.93. The number of rotatable bonds is 10. The molecule has 45 heavy (non-hydrogen) atoms. The maximum absolute atomic E-state index is 13.7. The second-order valence-corrected chi connectivity index (χ2v) is 12.6. The number of aliphatic hydroxyl groups excluding tert-OH is 1. The number of benzene rings is 4. The minimum absolute atomic E-state index is 0.0640. The van der Waals surface area contributed by atoms with Gasteiger partial charge in [-0.25, -0.2) is 0 Å². The first-order valence-corrected chi connectivity index (χ1v) is 16.0. The molecular formula is C34H26ClN3O5S2. The summed E-state index contributed by atoms with van der Waals surface area (Å²) < 4.78 is 11.9. The number of hydrogen-bond donors (Lipinski definition) is 1. The number of amides is 1. The molecule has 0 radical (unpaired) electrons. The number of methoxy groups -OCH3 is 1. The van der Waals surface area contributed by atoms with Crippen LogP contribution in [0.3, 0.4) is 0 Å². The van der Waals surface area contributed by atoms with E-state index in [1.54, 1.807) is 48.5 Å². The molecule has 4 aromatic carbocycles. The molecular weight excluding hydrogens is 630 g/mol. The number of halogens is 1. The van der Waals surface area contributed by atoms with Gasteiger partial charge in [0.15, 0.2) is 4.34 Å². The van der Waals surface area contributed by atoms with Crippen LogP contribution < -0.4 is 14.4 Å². The van der Waals surface area contributed by atoms with Gasteiger partial charge in [0.05, 0.1) is 18.7 Å². The number of thioether (sulfide) groups is 1. The number of Topliss-reactive ketones (excluding diaryl/α,β-unsaturated/α-hetero) is 1. The van der Waals surface area contributed by atoms with Crippen LogP contribution in [-0.2, 0) is 21.9 Å². The van der Waals surface area contributed by atoms with Gasteiger partial charge in [-0.15, -0.1) is 10.2 Å². The molecule has 1 atom stereocenters. The number of hydrogen-bond acceptors (Lipinski definition) is 9. The zero-order chi connectivity index (χ0) is 31.3. The molecule has 11 heteroatoms. The first-order valence-electron chi connectivity index (χ1n) is 13.8. The number of carbonyl (C=O) groups is 2. The highest BCUT2D eigenvalue weighted by molar-refractivity contribution is 8.00. The van der Waals surface area contributed by atoms with Gasteiger partial charge in [0.2, 0.25) is 5.13 Å². The van der Waals surface area contributed by atoms with Crippen LogP contribution in [0.5, 0.6) is 11.5 Å². The molecule has 8 nitrogen and oxygen atoms in total. The molecule has 1 aromatic heterocycles. The van der Waals surface area contributed by atoms with E-state index in [9.17, 15) is 14.7 Å². The van der Waals surface area contributed by atoms with E-state index in [1.165, 1.54) is 35.1 Å². The van der Waals surface area contributed by atoms with Gasteiger partial charge >= 0.3 is 5.91 Å². The molecule has 6 rings (SSSR count). The lowest BCUT2D eigenvalue weighted by atomic mass is 9.95. The quantitative estimate of drug-likeness (QED) is 0.0537. The highest BCUT2D eigenvalue weighted by Crippen LogP contribution is 2.45. The highest BCUT2D eigenvalue weighted by atomic mass is 35.5. The largest absolute Gasteiger partial charge is 0.507 e. The number of ether oxygens (including phenoxy) is 2. The Balaban J connectivity index is 1.37. The average molecular weight is 656 g/mol. The first kappa shape index (κ1) is 30.4. The number of aromatic nitrogens is 2. The van der Waals surface area contributed by atoms with Gasteiger partial charge in [-0.05, 0) is 59.2 Å². The predicted molar refractivity (Wildman–Crippen MR) is 176 cm³/mol. The first-order chi connectivity index (χ1) is 21.9. The Kier molecular flexibility index (Phi) is 9.16. The number of aliphatic hydroxyl groups is 1. The fourth-order valence-corrected chi connectivity index (χ4v) is 7.03. The SMILES string of the molecule is COc1ccc(C(O)=C2C(=O)C(=O)N(c3nnc(SCc4ccccc4Cl)s3)C2c2cccc(OCc3ccccc3)c2)cc1. The summed E-state index contributed by atoms with van der Waals surface area (Å²) in [4.78, 5) is 28.6. The normalized spacial score (nSPS) is 15.8. The molecule has 1 saturated heterocycles. The molecule has 0 saturated carbocycles. The minimum Gasteiger partial charge on any atom is -0.507 e. The zero-order valence-electron chi connectivity index (χ0n) is 23.9. The zero-order valence-corrected chi connectivity index (χ0v) is 26.3. The maximum Gasteiger partial charge on any atom is 0.301 e. The third-order valence-corrected chi connectivity index (χ3v) is 9.61. The molecule has 0 spiro atoms. The molecule has 2 heterocycles. The van der Waals surface area contributed by atoms with Crippen LogP contribution in [0.25, 0.3) is 5.76 Å². The summed E-state index contributed by atoms with van der Waals surface area (Å²) in [5.41, 5.74) is 2.79. The topological polar surface area (TPSA) is 102 Å². The van der Waals surface area contributed by atoms with E-state index in [0.29, 0.717) is 44.3 Å². The minimum atomic E-state index is -0.984. The van der Waals surface area contributed by atoms with E-state index in [1.807, 2.05) is 54.6 Å². The van der Waals surface area contributed by atoms with Gasteiger partial charge in [0.1, 0.15) is 23.9 Å². The maximum atomic E-state index is 13.7. The molecule has 0 aliphatic carbocycles. The van der Waals surface area contributed by atoms with Gasteiger partial charge in [0, 0.05) is 16.3 Å². The van der Waals surface area contributed by atoms with Crippen LogP contribution in [-0.4, -0.2) is 34.1 Å². The number of carbonyl (C=O) groups excluding carboxylic acids is 2. The molecule has 226 valence electrons. The average Bonchev–Trinajstić information content (AvgIpc) is 3.65. The fourth-order valence-electron chi connectivity index (χ4n) is 4.88. The Hall–Kier alpha value is -4.64. The third kappa shape index (κ3) is 6.58. The summed E-state index contributed by atoms with van der Waals surface area (Å²) in [5.74, 6) is -0.276. The summed E-state index contributed by atoms with van der Waals surface area (Å²) in [5, 5.41) is 20.9. The van der Waals surface area contributed by atoms with Crippen molar-refractivity contribution in [1.82, 2.24) is 10.2 Å². The van der Waals surface area contributed by atoms with E-state index >= 15 is 0 Å². The third-order valence-electron chi connectivity index (χ3n) is 7.14. The van der Waals surface area contributed by atoms with Gasteiger partial charge < -0.3 is 14.6 Å². The lowest BCUT2D eigenvalue weighted by Crippen LogP contribution is -2.29. The van der Waals surface area contributed by atoms with Crippen LogP contribution in [0.15, 0.2) is 113 Å². The van der Waals surface area contributed by atoms with Crippen molar-refractivity contribution in [3.63, 3.8) is 0 Å². The Morgan fingerprint density at radius 2 is 1.69 bits per heavy atom. The van der Waals surface area contributed by atoms with Gasteiger partial charge in [-0.3, -0.25) is 14.5 Å². The number of anilines is 1. The van der Waals surface area contributed by atoms with Crippen molar-refractivity contribution in [3.05, 3.63) is 136 Å². The van der Waals surface area contributed by atoms with Crippen molar-refractivity contribution in [2.24, 2.45) is 0 Å². The van der Waals surface area contributed by atoms with E-state index in [2.05, 4.69) is 10.2 Å². The van der Waals surface area contributed by atoms with Crippen LogP contribution >= 0.6 is 34.7 Å². The smallest absolute Gasteiger partial charge is 0.301 e. The Labute approximate surface area is 272 Å². The summed E-state index contributed by atoms with van der Waals surface area (Å²) in [6.07, 6.45) is 0. The van der Waals surface area contributed by atoms with Crippen molar-refractivity contribution in [1.29, 1.82) is 0 Å². The molecule has 0 bridgehead atoms. The van der Waals surface area contributed by atoms with Gasteiger partial charge in [0.25, 0.3) is 5.78 Å². The lowest BCUT2D eigenvalue weighted by Gasteiger charge is -2.23. The summed E-state index contributed by atoms with van der Waals surface area (Å²) in [6, 6.07) is 30.0. The van der Waals surface area contributed by atoms with Crippen molar-refractivity contribution in [2.75, 3.05) is 12.0 Å². The molecule has 1 fully saturated rings. The van der Waals surface area contributed by atoms with Crippen molar-refractivity contribution >= 4 is 57.3 Å². The Morgan fingerprint density at radius 3 is 2.44 bits per heavy atom. The van der Waals surface area contributed by atoms with E-state index < -0.39 is 17.7 Å². The molecule has 1 N–H and O–H groups in total. The standard InChI is InChI=1S/C34H26ClN3O5S2/c1-42-25-16-14-22(15-17-25)30(39)28-29(23-11-7-12-26(18-23)43-19-21-8-3-2-4-9-21)38(32(41)31(28)40)33-36-37-34(45-33)44-20-24-10-5-6-13-27(24)35/h2-18,29,39H,19-20H2,1H3. The molecule has 1 amide bonds. The van der Waals surface area contributed by atoms with Crippen molar-refractivity contribution in [3.8, 4) is 11.5 Å². The second kappa shape index (κ2) is 13.6. The van der Waals surface area contributed by atoms with Crippen LogP contribution in [0.2, 0.25) is 5.02 Å². The monoisotopic (exact) mass is 655 g/mol. The molecule has 1 aliphatic heterocycles. The van der Waals surface area contributed by atoms with Crippen LogP contribution in [0.4, 0.5) is 5.13 Å². The molecule has 5 aromatic rings. The van der Waals surface area contributed by atoms with Gasteiger partial charge in [-0.2, -0.15) is 0 Å². The van der Waals surface area contributed by atoms with Gasteiger partial charge in [-0.1, -0.05) is 95.4 Å². The van der Waals surface area contributed by atoms with Crippen LogP contribution in [0, 0.1) is 0 Å².